The second kappa shape index (κ2) is 12.4. The number of pyridine rings is 2. The molecule has 9 heteroatoms. The summed E-state index contributed by atoms with van der Waals surface area (Å²) in [6, 6.07) is 9.84. The highest BCUT2D eigenvalue weighted by Gasteiger charge is 2.33. The molecule has 6 rings (SSSR count). The topological polar surface area (TPSA) is 66.4 Å². The lowest BCUT2D eigenvalue weighted by molar-refractivity contribution is -0.132. The first-order valence-electron chi connectivity index (χ1n) is 14.2. The molecule has 3 aliphatic rings. The highest BCUT2D eigenvalue weighted by atomic mass is 79.9. The van der Waals surface area contributed by atoms with E-state index in [0.29, 0.717) is 44.1 Å². The van der Waals surface area contributed by atoms with Gasteiger partial charge in [0.1, 0.15) is 0 Å². The number of hydrogen-bond donors (Lipinski definition) is 0. The Labute approximate surface area is 262 Å². The summed E-state index contributed by atoms with van der Waals surface area (Å²) >= 11 is 13.9. The van der Waals surface area contributed by atoms with Gasteiger partial charge < -0.3 is 9.80 Å². The molecule has 0 spiro atoms. The van der Waals surface area contributed by atoms with E-state index in [1.807, 2.05) is 22.1 Å². The maximum Gasteiger partial charge on any atom is 0.255 e. The van der Waals surface area contributed by atoms with E-state index in [1.54, 1.807) is 24.5 Å². The minimum Gasteiger partial charge on any atom is -0.339 e. The van der Waals surface area contributed by atoms with Crippen LogP contribution < -0.4 is 0 Å². The number of amides is 2. The van der Waals surface area contributed by atoms with Crippen LogP contribution in [0.3, 0.4) is 0 Å². The molecule has 0 radical (unpaired) electrons. The third kappa shape index (κ3) is 6.15. The van der Waals surface area contributed by atoms with Crippen molar-refractivity contribution < 1.29 is 9.59 Å². The second-order valence-corrected chi connectivity index (χ2v) is 13.3. The quantitative estimate of drug-likeness (QED) is 0.276. The van der Waals surface area contributed by atoms with Gasteiger partial charge in [0.05, 0.1) is 11.3 Å². The standard InChI is InChI=1S/C32H31Br2ClN4O2/c33-25-15-23-4-3-22-16-26(35)17-27(34)29(22)30(31(23)37-19-25)21-7-12-38(13-8-21)28(40)14-20-5-10-39(11-6-20)32(41)24-2-1-9-36-18-24/h1-2,7,9,15-20,30H,3-6,8,10-14H2/t30-/m1/s1. The van der Waals surface area contributed by atoms with E-state index in [9.17, 15) is 9.59 Å². The van der Waals surface area contributed by atoms with Crippen molar-refractivity contribution >= 4 is 55.3 Å². The number of nitrogens with zero attached hydrogens (tertiary/aromatic N) is 4. The Morgan fingerprint density at radius 1 is 0.976 bits per heavy atom. The van der Waals surface area contributed by atoms with Crippen molar-refractivity contribution in [2.24, 2.45) is 5.92 Å². The van der Waals surface area contributed by atoms with Crippen molar-refractivity contribution in [3.63, 3.8) is 0 Å². The van der Waals surface area contributed by atoms with Gasteiger partial charge in [-0.3, -0.25) is 19.6 Å². The zero-order valence-electron chi connectivity index (χ0n) is 22.7. The van der Waals surface area contributed by atoms with Crippen LogP contribution in [0.5, 0.6) is 0 Å². The van der Waals surface area contributed by atoms with Crippen molar-refractivity contribution in [3.8, 4) is 0 Å². The largest absolute Gasteiger partial charge is 0.339 e. The smallest absolute Gasteiger partial charge is 0.255 e. The van der Waals surface area contributed by atoms with Crippen LogP contribution in [-0.2, 0) is 17.6 Å². The van der Waals surface area contributed by atoms with Gasteiger partial charge in [-0.2, -0.15) is 0 Å². The molecule has 1 fully saturated rings. The van der Waals surface area contributed by atoms with Crippen molar-refractivity contribution in [2.75, 3.05) is 26.2 Å². The van der Waals surface area contributed by atoms with E-state index in [4.69, 9.17) is 16.6 Å². The van der Waals surface area contributed by atoms with E-state index < -0.39 is 0 Å². The summed E-state index contributed by atoms with van der Waals surface area (Å²) in [5.74, 6) is 0.555. The van der Waals surface area contributed by atoms with Gasteiger partial charge in [0, 0.05) is 71.1 Å². The molecule has 41 heavy (non-hydrogen) atoms. The Morgan fingerprint density at radius 3 is 2.51 bits per heavy atom. The Balaban J connectivity index is 1.14. The Morgan fingerprint density at radius 2 is 1.78 bits per heavy atom. The number of aromatic nitrogens is 2. The van der Waals surface area contributed by atoms with Gasteiger partial charge in [-0.05, 0) is 101 Å². The molecule has 2 amide bonds. The van der Waals surface area contributed by atoms with Gasteiger partial charge in [0.2, 0.25) is 5.91 Å². The van der Waals surface area contributed by atoms with Gasteiger partial charge in [0.25, 0.3) is 5.91 Å². The average Bonchev–Trinajstić information content (AvgIpc) is 3.14. The number of likely N-dealkylation sites (tertiary alicyclic amines) is 1. The van der Waals surface area contributed by atoms with Crippen LogP contribution in [0.2, 0.25) is 5.02 Å². The van der Waals surface area contributed by atoms with E-state index in [2.05, 4.69) is 55.1 Å². The van der Waals surface area contributed by atoms with Crippen molar-refractivity contribution in [3.05, 3.63) is 102 Å². The Bertz CT molecular complexity index is 1510. The van der Waals surface area contributed by atoms with Gasteiger partial charge >= 0.3 is 0 Å². The number of halogens is 3. The summed E-state index contributed by atoms with van der Waals surface area (Å²) in [6.45, 7) is 2.66. The summed E-state index contributed by atoms with van der Waals surface area (Å²) in [6.07, 6.45) is 12.3. The van der Waals surface area contributed by atoms with Crippen LogP contribution in [-0.4, -0.2) is 57.8 Å². The molecule has 6 nitrogen and oxygen atoms in total. The van der Waals surface area contributed by atoms with Crippen LogP contribution in [0, 0.1) is 5.92 Å². The summed E-state index contributed by atoms with van der Waals surface area (Å²) in [7, 11) is 0. The van der Waals surface area contributed by atoms with Crippen molar-refractivity contribution in [1.29, 1.82) is 0 Å². The lowest BCUT2D eigenvalue weighted by atomic mass is 9.82. The molecule has 0 N–H and O–H groups in total. The van der Waals surface area contributed by atoms with Gasteiger partial charge in [0.15, 0.2) is 0 Å². The summed E-state index contributed by atoms with van der Waals surface area (Å²) in [5.41, 5.74) is 6.75. The first-order valence-corrected chi connectivity index (χ1v) is 16.1. The number of aryl methyl sites for hydroxylation is 2. The van der Waals surface area contributed by atoms with Crippen LogP contribution in [0.15, 0.2) is 69.5 Å². The summed E-state index contributed by atoms with van der Waals surface area (Å²) < 4.78 is 2.00. The number of carbonyl (C=O) groups excluding carboxylic acids is 2. The SMILES string of the molecule is O=C(CC1CCN(C(=O)c2cccnc2)CC1)N1CC=C([C@H]2c3ncc(Br)cc3CCc3cc(Cl)cc(Br)c32)CC1. The second-order valence-electron chi connectivity index (χ2n) is 11.1. The third-order valence-corrected chi connectivity index (χ3v) is 9.92. The van der Waals surface area contributed by atoms with E-state index in [1.165, 1.54) is 22.3 Å². The molecule has 2 aromatic heterocycles. The fourth-order valence-electron chi connectivity index (χ4n) is 6.45. The first kappa shape index (κ1) is 28.6. The van der Waals surface area contributed by atoms with Gasteiger partial charge in [-0.25, -0.2) is 0 Å². The highest BCUT2D eigenvalue weighted by Crippen LogP contribution is 2.44. The molecule has 1 saturated heterocycles. The predicted molar refractivity (Wildman–Crippen MR) is 167 cm³/mol. The maximum atomic E-state index is 13.3. The van der Waals surface area contributed by atoms with E-state index in [-0.39, 0.29) is 17.7 Å². The minimum absolute atomic E-state index is 0.0222. The lowest BCUT2D eigenvalue weighted by Crippen LogP contribution is -2.41. The molecule has 4 heterocycles. The van der Waals surface area contributed by atoms with Crippen LogP contribution in [0.1, 0.15) is 64.3 Å². The van der Waals surface area contributed by atoms with Crippen LogP contribution >= 0.6 is 43.5 Å². The molecular weight excluding hydrogens is 668 g/mol. The van der Waals surface area contributed by atoms with E-state index in [0.717, 1.165) is 51.8 Å². The Kier molecular flexibility index (Phi) is 8.61. The van der Waals surface area contributed by atoms with Gasteiger partial charge in [-0.15, -0.1) is 0 Å². The number of benzene rings is 1. The molecule has 1 aliphatic carbocycles. The fraction of sp³-hybridized carbons (Fsp3) is 0.375. The van der Waals surface area contributed by atoms with E-state index >= 15 is 0 Å². The van der Waals surface area contributed by atoms with Crippen LogP contribution in [0.4, 0.5) is 0 Å². The molecule has 1 aromatic carbocycles. The molecule has 0 bridgehead atoms. The number of fused-ring (bicyclic) bond motifs is 2. The van der Waals surface area contributed by atoms with Crippen molar-refractivity contribution in [1.82, 2.24) is 19.8 Å². The van der Waals surface area contributed by atoms with Gasteiger partial charge in [-0.1, -0.05) is 39.2 Å². The zero-order chi connectivity index (χ0) is 28.5. The third-order valence-electron chi connectivity index (χ3n) is 8.62. The van der Waals surface area contributed by atoms with Crippen LogP contribution in [0.25, 0.3) is 0 Å². The molecule has 1 atom stereocenters. The molecule has 212 valence electrons. The first-order chi connectivity index (χ1) is 19.9. The summed E-state index contributed by atoms with van der Waals surface area (Å²) in [4.78, 5) is 38.9. The monoisotopic (exact) mass is 696 g/mol. The number of carbonyl (C=O) groups is 2. The normalized spacial score (nSPS) is 19.2. The lowest BCUT2D eigenvalue weighted by Gasteiger charge is -2.34. The number of rotatable bonds is 4. The predicted octanol–water partition coefficient (Wildman–Crippen LogP) is 6.99. The maximum absolute atomic E-state index is 13.3. The molecule has 2 aliphatic heterocycles. The average molecular weight is 699 g/mol. The molecule has 0 saturated carbocycles. The Hall–Kier alpha value is -2.55. The molecule has 3 aromatic rings. The van der Waals surface area contributed by atoms with Crippen molar-refractivity contribution in [2.45, 2.75) is 44.4 Å². The number of piperidine rings is 1. The zero-order valence-corrected chi connectivity index (χ0v) is 26.6. The summed E-state index contributed by atoms with van der Waals surface area (Å²) in [5, 5.41) is 0.733. The minimum atomic E-state index is 0.0222. The highest BCUT2D eigenvalue weighted by molar-refractivity contribution is 9.10. The molecule has 0 unspecified atom stereocenters. The fourth-order valence-corrected chi connectivity index (χ4v) is 7.93. The molecular formula is C32H31Br2ClN4O2. The number of hydrogen-bond acceptors (Lipinski definition) is 4.